The van der Waals surface area contributed by atoms with Crippen molar-refractivity contribution >= 4 is 5.78 Å². The maximum absolute atomic E-state index is 13.4. The lowest BCUT2D eigenvalue weighted by Gasteiger charge is -2.27. The number of halogens is 1. The summed E-state index contributed by atoms with van der Waals surface area (Å²) in [5.41, 5.74) is 0.589. The molecule has 1 aliphatic rings. The van der Waals surface area contributed by atoms with Gasteiger partial charge in [0.05, 0.1) is 19.2 Å². The number of likely N-dealkylation sites (tertiary alicyclic amines) is 1. The molecule has 0 N–H and O–H groups in total. The van der Waals surface area contributed by atoms with Gasteiger partial charge in [-0.15, -0.1) is 0 Å². The van der Waals surface area contributed by atoms with E-state index in [0.717, 1.165) is 19.5 Å². The van der Waals surface area contributed by atoms with Crippen molar-refractivity contribution in [3.8, 4) is 5.75 Å². The average Bonchev–Trinajstić information content (AvgIpc) is 2.87. The number of methoxy groups -OCH3 is 1. The molecule has 1 aliphatic heterocycles. The second-order valence-corrected chi connectivity index (χ2v) is 6.85. The SMILES string of the molecule is COc1ccc(F)cc1C(=O)CN1CCC(C(C)(C)C)C1. The predicted octanol–water partition coefficient (Wildman–Crippen LogP) is 3.39. The van der Waals surface area contributed by atoms with E-state index < -0.39 is 5.82 Å². The summed E-state index contributed by atoms with van der Waals surface area (Å²) in [5.74, 6) is 0.543. The summed E-state index contributed by atoms with van der Waals surface area (Å²) < 4.78 is 18.5. The van der Waals surface area contributed by atoms with Crippen molar-refractivity contribution in [2.75, 3.05) is 26.7 Å². The van der Waals surface area contributed by atoms with Crippen LogP contribution in [0.5, 0.6) is 5.75 Å². The number of hydrogen-bond acceptors (Lipinski definition) is 3. The van der Waals surface area contributed by atoms with Gasteiger partial charge in [0.15, 0.2) is 5.78 Å². The number of Topliss-reactive ketones (excluding diaryl/α,β-unsaturated/α-hetero) is 1. The van der Waals surface area contributed by atoms with Crippen LogP contribution in [0.2, 0.25) is 0 Å². The van der Waals surface area contributed by atoms with Crippen LogP contribution in [-0.4, -0.2) is 37.4 Å². The summed E-state index contributed by atoms with van der Waals surface area (Å²) in [6.07, 6.45) is 1.11. The van der Waals surface area contributed by atoms with Gasteiger partial charge in [0.25, 0.3) is 0 Å². The Balaban J connectivity index is 2.05. The second-order valence-electron chi connectivity index (χ2n) is 6.85. The minimum absolute atomic E-state index is 0.0825. The minimum atomic E-state index is -0.409. The zero-order chi connectivity index (χ0) is 15.6. The molecule has 0 radical (unpaired) electrons. The van der Waals surface area contributed by atoms with E-state index in [-0.39, 0.29) is 11.2 Å². The fourth-order valence-corrected chi connectivity index (χ4v) is 2.87. The molecule has 4 heteroatoms. The number of carbonyl (C=O) groups is 1. The van der Waals surface area contributed by atoms with Crippen LogP contribution >= 0.6 is 0 Å². The molecular formula is C17H24FNO2. The molecule has 1 heterocycles. The smallest absolute Gasteiger partial charge is 0.180 e. The van der Waals surface area contributed by atoms with Crippen LogP contribution in [-0.2, 0) is 0 Å². The molecule has 2 rings (SSSR count). The summed E-state index contributed by atoms with van der Waals surface area (Å²) in [6.45, 7) is 8.88. The highest BCUT2D eigenvalue weighted by Crippen LogP contribution is 2.33. The summed E-state index contributed by atoms with van der Waals surface area (Å²) >= 11 is 0. The summed E-state index contributed by atoms with van der Waals surface area (Å²) in [7, 11) is 1.50. The van der Waals surface area contributed by atoms with Gasteiger partial charge in [-0.05, 0) is 42.5 Å². The topological polar surface area (TPSA) is 29.5 Å². The van der Waals surface area contributed by atoms with Gasteiger partial charge in [-0.25, -0.2) is 4.39 Å². The Bertz CT molecular complexity index is 522. The Morgan fingerprint density at radius 1 is 1.43 bits per heavy atom. The quantitative estimate of drug-likeness (QED) is 0.797. The third-order valence-corrected chi connectivity index (χ3v) is 4.33. The van der Waals surface area contributed by atoms with Crippen LogP contribution in [0, 0.1) is 17.2 Å². The van der Waals surface area contributed by atoms with Crippen molar-refractivity contribution in [1.29, 1.82) is 0 Å². The highest BCUT2D eigenvalue weighted by molar-refractivity contribution is 6.00. The average molecular weight is 293 g/mol. The Morgan fingerprint density at radius 3 is 2.71 bits per heavy atom. The molecule has 1 atom stereocenters. The lowest BCUT2D eigenvalue weighted by molar-refractivity contribution is 0.0934. The number of nitrogens with zero attached hydrogens (tertiary/aromatic N) is 1. The van der Waals surface area contributed by atoms with E-state index in [1.54, 1.807) is 0 Å². The van der Waals surface area contributed by atoms with Crippen molar-refractivity contribution < 1.29 is 13.9 Å². The second kappa shape index (κ2) is 6.14. The third-order valence-electron chi connectivity index (χ3n) is 4.33. The molecule has 0 aliphatic carbocycles. The van der Waals surface area contributed by atoms with Crippen LogP contribution < -0.4 is 4.74 Å². The number of ether oxygens (including phenoxy) is 1. The Labute approximate surface area is 126 Å². The van der Waals surface area contributed by atoms with Crippen molar-refractivity contribution in [2.24, 2.45) is 11.3 Å². The highest BCUT2D eigenvalue weighted by Gasteiger charge is 2.32. The number of ketones is 1. The number of rotatable bonds is 4. The molecular weight excluding hydrogens is 269 g/mol. The highest BCUT2D eigenvalue weighted by atomic mass is 19.1. The molecule has 1 saturated heterocycles. The molecule has 1 aromatic rings. The first kappa shape index (κ1) is 16.0. The van der Waals surface area contributed by atoms with Crippen LogP contribution in [0.25, 0.3) is 0 Å². The summed E-state index contributed by atoms with van der Waals surface area (Å²) in [6, 6.07) is 4.07. The molecule has 0 bridgehead atoms. The largest absolute Gasteiger partial charge is 0.496 e. The van der Waals surface area contributed by atoms with Crippen molar-refractivity contribution in [2.45, 2.75) is 27.2 Å². The number of benzene rings is 1. The fraction of sp³-hybridized carbons (Fsp3) is 0.588. The maximum Gasteiger partial charge on any atom is 0.180 e. The van der Waals surface area contributed by atoms with Gasteiger partial charge in [-0.2, -0.15) is 0 Å². The third kappa shape index (κ3) is 3.82. The van der Waals surface area contributed by atoms with E-state index in [1.807, 2.05) is 0 Å². The summed E-state index contributed by atoms with van der Waals surface area (Å²) in [5, 5.41) is 0. The van der Waals surface area contributed by atoms with E-state index >= 15 is 0 Å². The minimum Gasteiger partial charge on any atom is -0.496 e. The summed E-state index contributed by atoms with van der Waals surface area (Å²) in [4.78, 5) is 14.6. The van der Waals surface area contributed by atoms with E-state index in [9.17, 15) is 9.18 Å². The molecule has 3 nitrogen and oxygen atoms in total. The lowest BCUT2D eigenvalue weighted by Crippen LogP contribution is -2.30. The Kier molecular flexibility index (Phi) is 4.67. The molecule has 1 fully saturated rings. The van der Waals surface area contributed by atoms with E-state index in [0.29, 0.717) is 23.8 Å². The van der Waals surface area contributed by atoms with E-state index in [1.165, 1.54) is 25.3 Å². The van der Waals surface area contributed by atoms with Crippen LogP contribution in [0.4, 0.5) is 4.39 Å². The van der Waals surface area contributed by atoms with Gasteiger partial charge in [0.2, 0.25) is 0 Å². The van der Waals surface area contributed by atoms with Gasteiger partial charge < -0.3 is 4.74 Å². The first-order valence-electron chi connectivity index (χ1n) is 7.40. The maximum atomic E-state index is 13.4. The van der Waals surface area contributed by atoms with Crippen LogP contribution in [0.1, 0.15) is 37.6 Å². The molecule has 0 spiro atoms. The lowest BCUT2D eigenvalue weighted by atomic mass is 9.80. The predicted molar refractivity (Wildman–Crippen MR) is 81.3 cm³/mol. The van der Waals surface area contributed by atoms with Crippen molar-refractivity contribution in [1.82, 2.24) is 4.90 Å². The van der Waals surface area contributed by atoms with Crippen LogP contribution in [0.3, 0.4) is 0 Å². The number of hydrogen-bond donors (Lipinski definition) is 0. The zero-order valence-electron chi connectivity index (χ0n) is 13.3. The van der Waals surface area contributed by atoms with Crippen molar-refractivity contribution in [3.63, 3.8) is 0 Å². The van der Waals surface area contributed by atoms with Gasteiger partial charge >= 0.3 is 0 Å². The first-order valence-corrected chi connectivity index (χ1v) is 7.40. The monoisotopic (exact) mass is 293 g/mol. The van der Waals surface area contributed by atoms with Gasteiger partial charge in [-0.3, -0.25) is 9.69 Å². The molecule has 21 heavy (non-hydrogen) atoms. The molecule has 0 amide bonds. The first-order chi connectivity index (χ1) is 9.81. The molecule has 0 aromatic heterocycles. The molecule has 0 saturated carbocycles. The molecule has 1 unspecified atom stereocenters. The van der Waals surface area contributed by atoms with Gasteiger partial charge in [0.1, 0.15) is 11.6 Å². The Morgan fingerprint density at radius 2 is 2.14 bits per heavy atom. The van der Waals surface area contributed by atoms with E-state index in [2.05, 4.69) is 25.7 Å². The Hall–Kier alpha value is -1.42. The molecule has 116 valence electrons. The standard InChI is InChI=1S/C17H24FNO2/c1-17(2,3)12-7-8-19(10-12)11-15(20)14-9-13(18)5-6-16(14)21-4/h5-6,9,12H,7-8,10-11H2,1-4H3. The van der Waals surface area contributed by atoms with E-state index in [4.69, 9.17) is 4.74 Å². The molecule has 1 aromatic carbocycles. The normalized spacial score (nSPS) is 19.8. The zero-order valence-corrected chi connectivity index (χ0v) is 13.3. The van der Waals surface area contributed by atoms with Crippen LogP contribution in [0.15, 0.2) is 18.2 Å². The number of carbonyl (C=O) groups excluding carboxylic acids is 1. The van der Waals surface area contributed by atoms with Gasteiger partial charge in [0, 0.05) is 6.54 Å². The van der Waals surface area contributed by atoms with Gasteiger partial charge in [-0.1, -0.05) is 20.8 Å². The fourth-order valence-electron chi connectivity index (χ4n) is 2.87. The van der Waals surface area contributed by atoms with Crippen molar-refractivity contribution in [3.05, 3.63) is 29.6 Å².